The lowest BCUT2D eigenvalue weighted by molar-refractivity contribution is 0.593. The summed E-state index contributed by atoms with van der Waals surface area (Å²) in [4.78, 5) is 8.90. The Morgan fingerprint density at radius 2 is 2.50 bits per heavy atom. The molecular weight excluding hydrogens is 124 g/mol. The van der Waals surface area contributed by atoms with Gasteiger partial charge < -0.3 is 4.80 Å². The third-order valence-corrected chi connectivity index (χ3v) is 15.9. The minimum atomic E-state index is -0.960. The maximum Gasteiger partial charge on any atom is 0.149 e. The Labute approximate surface area is 45.3 Å². The second-order valence-electron chi connectivity index (χ2n) is 1.47. The van der Waals surface area contributed by atoms with Crippen molar-refractivity contribution in [1.82, 2.24) is 0 Å². The predicted molar refractivity (Wildman–Crippen MR) is 38.3 cm³/mol. The molecule has 38 valence electrons. The molecule has 0 aliphatic carbocycles. The molecule has 1 nitrogen and oxygen atoms in total. The highest BCUT2D eigenvalue weighted by molar-refractivity contribution is 7.28. The van der Waals surface area contributed by atoms with Crippen molar-refractivity contribution in [3.8, 4) is 0 Å². The van der Waals surface area contributed by atoms with Gasteiger partial charge in [-0.3, -0.25) is 0 Å². The zero-order chi connectivity index (χ0) is 4.99. The lowest BCUT2D eigenvalue weighted by atomic mass is 11.0. The third-order valence-electron chi connectivity index (χ3n) is 0.942. The van der Waals surface area contributed by atoms with Crippen LogP contribution < -0.4 is 0 Å². The number of rotatable bonds is 2. The van der Waals surface area contributed by atoms with Crippen LogP contribution in [0, 0.1) is 0 Å². The molecule has 0 aliphatic heterocycles. The molecule has 6 heavy (non-hydrogen) atoms. The Morgan fingerprint density at radius 3 is 2.50 bits per heavy atom. The summed E-state index contributed by atoms with van der Waals surface area (Å²) in [5.41, 5.74) is 0. The SMILES string of the molecule is CC[SiH](O)[SiH2][SiH3]. The van der Waals surface area contributed by atoms with Crippen LogP contribution in [0.15, 0.2) is 0 Å². The van der Waals surface area contributed by atoms with E-state index in [1.54, 1.807) is 0 Å². The van der Waals surface area contributed by atoms with Crippen molar-refractivity contribution in [1.29, 1.82) is 0 Å². The smallest absolute Gasteiger partial charge is 0.149 e. The molecule has 0 amide bonds. The normalized spacial score (nSPS) is 17.0. The molecule has 1 atom stereocenters. The Kier molecular flexibility index (Phi) is 4.17. The summed E-state index contributed by atoms with van der Waals surface area (Å²) in [7, 11) is 0.545. The van der Waals surface area contributed by atoms with Crippen molar-refractivity contribution in [2.75, 3.05) is 0 Å². The van der Waals surface area contributed by atoms with Crippen LogP contribution in [0.25, 0.3) is 0 Å². The van der Waals surface area contributed by atoms with Crippen LogP contribution in [0.2, 0.25) is 6.04 Å². The first-order valence-corrected chi connectivity index (χ1v) is 12.7. The van der Waals surface area contributed by atoms with Gasteiger partial charge in [0.05, 0.1) is 0 Å². The van der Waals surface area contributed by atoms with Crippen LogP contribution in [0.1, 0.15) is 6.92 Å². The first-order chi connectivity index (χ1) is 2.81. The van der Waals surface area contributed by atoms with Crippen molar-refractivity contribution < 1.29 is 4.80 Å². The van der Waals surface area contributed by atoms with E-state index in [-0.39, 0.29) is 8.55 Å². The molecule has 0 heterocycles. The molecule has 0 spiro atoms. The van der Waals surface area contributed by atoms with Gasteiger partial charge >= 0.3 is 0 Å². The van der Waals surface area contributed by atoms with E-state index < -0.39 is 8.56 Å². The fourth-order valence-electron chi connectivity index (χ4n) is 0.289. The summed E-state index contributed by atoms with van der Waals surface area (Å²) in [6, 6.07) is 1.12. The van der Waals surface area contributed by atoms with Crippen LogP contribution in [0.5, 0.6) is 0 Å². The summed E-state index contributed by atoms with van der Waals surface area (Å²) in [6.07, 6.45) is 0. The molecule has 0 fully saturated rings. The van der Waals surface area contributed by atoms with Gasteiger partial charge in [-0.1, -0.05) is 6.92 Å². The molecule has 1 unspecified atom stereocenters. The van der Waals surface area contributed by atoms with E-state index in [1.165, 1.54) is 9.76 Å². The van der Waals surface area contributed by atoms with Gasteiger partial charge in [-0.15, -0.1) is 0 Å². The van der Waals surface area contributed by atoms with Gasteiger partial charge in [-0.25, -0.2) is 0 Å². The van der Waals surface area contributed by atoms with Crippen molar-refractivity contribution in [2.45, 2.75) is 13.0 Å². The van der Waals surface area contributed by atoms with E-state index in [2.05, 4.69) is 6.92 Å². The van der Waals surface area contributed by atoms with E-state index in [9.17, 15) is 0 Å². The van der Waals surface area contributed by atoms with Crippen molar-refractivity contribution >= 4 is 26.9 Å². The molecule has 1 N–H and O–H groups in total. The van der Waals surface area contributed by atoms with Gasteiger partial charge in [0.1, 0.15) is 8.56 Å². The zero-order valence-corrected chi connectivity index (χ0v) is 9.01. The van der Waals surface area contributed by atoms with Crippen LogP contribution in [-0.4, -0.2) is 31.7 Å². The Balaban J connectivity index is 2.75. The number of hydrogen-bond acceptors (Lipinski definition) is 1. The standard InChI is InChI=1S/C2H12OSi3/c1-2-6(3)5-4/h3,6H,2,5H2,1,4H3. The van der Waals surface area contributed by atoms with Gasteiger partial charge in [0.25, 0.3) is 0 Å². The van der Waals surface area contributed by atoms with Gasteiger partial charge in [0.2, 0.25) is 0 Å². The Bertz CT molecular complexity index is 28.0. The van der Waals surface area contributed by atoms with E-state index >= 15 is 0 Å². The molecule has 0 aromatic rings. The molecule has 0 rings (SSSR count). The van der Waals surface area contributed by atoms with Crippen LogP contribution in [0.3, 0.4) is 0 Å². The van der Waals surface area contributed by atoms with Gasteiger partial charge in [0.15, 0.2) is 0 Å². The van der Waals surface area contributed by atoms with E-state index in [1.807, 2.05) is 0 Å². The summed E-state index contributed by atoms with van der Waals surface area (Å²) < 4.78 is 0. The maximum absolute atomic E-state index is 8.90. The highest BCUT2D eigenvalue weighted by Gasteiger charge is 1.95. The average molecular weight is 136 g/mol. The highest BCUT2D eigenvalue weighted by Crippen LogP contribution is 1.77. The monoisotopic (exact) mass is 136 g/mol. The van der Waals surface area contributed by atoms with E-state index in [4.69, 9.17) is 4.80 Å². The molecule has 0 radical (unpaired) electrons. The largest absolute Gasteiger partial charge is 0.439 e. The first-order valence-electron chi connectivity index (χ1n) is 2.49. The Hall–Kier alpha value is 0.611. The molecule has 0 bridgehead atoms. The quantitative estimate of drug-likeness (QED) is 0.422. The molecule has 0 aromatic heterocycles. The molecule has 4 heteroatoms. The maximum atomic E-state index is 8.90. The minimum absolute atomic E-state index is 0.172. The molecule has 0 aliphatic rings. The second-order valence-corrected chi connectivity index (χ2v) is 17.0. The van der Waals surface area contributed by atoms with Crippen molar-refractivity contribution in [3.63, 3.8) is 0 Å². The fourth-order valence-corrected chi connectivity index (χ4v) is 7.79. The Morgan fingerprint density at radius 1 is 2.00 bits per heavy atom. The van der Waals surface area contributed by atoms with E-state index in [0.717, 1.165) is 6.04 Å². The topological polar surface area (TPSA) is 20.2 Å². The third kappa shape index (κ3) is 2.83. The summed E-state index contributed by atoms with van der Waals surface area (Å²) in [5.74, 6) is 0. The lowest BCUT2D eigenvalue weighted by Gasteiger charge is -1.94. The summed E-state index contributed by atoms with van der Waals surface area (Å²) >= 11 is 0. The first kappa shape index (κ1) is 6.61. The summed E-state index contributed by atoms with van der Waals surface area (Å²) in [5, 5.41) is 0. The molecule has 0 saturated heterocycles. The van der Waals surface area contributed by atoms with Crippen molar-refractivity contribution in [2.24, 2.45) is 0 Å². The molecule has 0 saturated carbocycles. The molecular formula is C2H12OSi3. The summed E-state index contributed by atoms with van der Waals surface area (Å²) in [6.45, 7) is 2.10. The van der Waals surface area contributed by atoms with E-state index in [0.29, 0.717) is 0 Å². The van der Waals surface area contributed by atoms with Gasteiger partial charge in [-0.2, -0.15) is 0 Å². The predicted octanol–water partition coefficient (Wildman–Crippen LogP) is -2.33. The zero-order valence-electron chi connectivity index (χ0n) is 4.44. The average Bonchev–Trinajstić information content (AvgIpc) is 1.65. The van der Waals surface area contributed by atoms with Gasteiger partial charge in [0, 0.05) is 8.55 Å². The lowest BCUT2D eigenvalue weighted by Crippen LogP contribution is -2.20. The second kappa shape index (κ2) is 3.79. The highest BCUT2D eigenvalue weighted by atomic mass is 29.5. The number of hydrogen-bond donors (Lipinski definition) is 1. The van der Waals surface area contributed by atoms with Crippen LogP contribution >= 0.6 is 0 Å². The molecule has 0 aromatic carbocycles. The van der Waals surface area contributed by atoms with Gasteiger partial charge in [-0.05, 0) is 15.8 Å². The minimum Gasteiger partial charge on any atom is -0.439 e. The van der Waals surface area contributed by atoms with Crippen LogP contribution in [-0.2, 0) is 0 Å². The van der Waals surface area contributed by atoms with Crippen molar-refractivity contribution in [3.05, 3.63) is 0 Å². The van der Waals surface area contributed by atoms with Crippen LogP contribution in [0.4, 0.5) is 0 Å². The fraction of sp³-hybridized carbons (Fsp3) is 1.00.